The number of Topliss-reactive ketones (excluding diaryl/α,β-unsaturated/α-hetero) is 1. The highest BCUT2D eigenvalue weighted by Crippen LogP contribution is 2.06. The lowest BCUT2D eigenvalue weighted by Gasteiger charge is -2.07. The van der Waals surface area contributed by atoms with Gasteiger partial charge >= 0.3 is 0 Å². The van der Waals surface area contributed by atoms with Crippen LogP contribution in [0.3, 0.4) is 0 Å². The van der Waals surface area contributed by atoms with Crippen molar-refractivity contribution in [2.45, 2.75) is 26.3 Å². The molecule has 0 spiro atoms. The predicted octanol–water partition coefficient (Wildman–Crippen LogP) is 1.98. The highest BCUT2D eigenvalue weighted by molar-refractivity contribution is 5.81. The van der Waals surface area contributed by atoms with Crippen molar-refractivity contribution in [2.24, 2.45) is 5.73 Å². The van der Waals surface area contributed by atoms with E-state index in [1.54, 1.807) is 6.08 Å². The molecular weight excluding hydrogens is 162 g/mol. The molecule has 2 N–H and O–H groups in total. The van der Waals surface area contributed by atoms with Gasteiger partial charge in [-0.25, -0.2) is 0 Å². The Kier molecular flexibility index (Phi) is 5.81. The predicted molar refractivity (Wildman–Crippen MR) is 56.4 cm³/mol. The average Bonchev–Trinajstić information content (AvgIpc) is 2.11. The second-order valence-electron chi connectivity index (χ2n) is 2.89. The molecule has 0 aromatic rings. The van der Waals surface area contributed by atoms with Crippen LogP contribution in [0.25, 0.3) is 0 Å². The quantitative estimate of drug-likeness (QED) is 0.656. The molecule has 0 radical (unpaired) electrons. The van der Waals surface area contributed by atoms with Crippen LogP contribution in [0.1, 0.15) is 20.3 Å². The smallest absolute Gasteiger partial charge is 0.146 e. The van der Waals surface area contributed by atoms with Gasteiger partial charge in [0.05, 0.1) is 6.04 Å². The Morgan fingerprint density at radius 3 is 2.62 bits per heavy atom. The van der Waals surface area contributed by atoms with Gasteiger partial charge in [0.15, 0.2) is 0 Å². The van der Waals surface area contributed by atoms with E-state index in [9.17, 15) is 4.79 Å². The van der Waals surface area contributed by atoms with Gasteiger partial charge in [-0.1, -0.05) is 30.9 Å². The van der Waals surface area contributed by atoms with Crippen LogP contribution >= 0.6 is 0 Å². The number of hydrogen-bond acceptors (Lipinski definition) is 2. The average molecular weight is 179 g/mol. The molecule has 0 aromatic carbocycles. The summed E-state index contributed by atoms with van der Waals surface area (Å²) in [6, 6.07) is -0.408. The van der Waals surface area contributed by atoms with E-state index in [1.807, 2.05) is 25.2 Å². The summed E-state index contributed by atoms with van der Waals surface area (Å²) in [6.45, 7) is 7.09. The molecule has 0 saturated heterocycles. The third kappa shape index (κ3) is 5.15. The molecule has 1 atom stereocenters. The fourth-order valence-electron chi connectivity index (χ4n) is 0.837. The van der Waals surface area contributed by atoms with Crippen LogP contribution in [0, 0.1) is 0 Å². The van der Waals surface area contributed by atoms with Crippen molar-refractivity contribution in [1.29, 1.82) is 0 Å². The Morgan fingerprint density at radius 2 is 2.23 bits per heavy atom. The molecule has 0 aliphatic carbocycles. The summed E-state index contributed by atoms with van der Waals surface area (Å²) in [6.07, 6.45) is 8.02. The van der Waals surface area contributed by atoms with E-state index < -0.39 is 6.04 Å². The van der Waals surface area contributed by atoms with Crippen LogP contribution in [-0.4, -0.2) is 11.8 Å². The second-order valence-corrected chi connectivity index (χ2v) is 2.89. The van der Waals surface area contributed by atoms with E-state index in [2.05, 4.69) is 6.58 Å². The van der Waals surface area contributed by atoms with Crippen molar-refractivity contribution in [2.75, 3.05) is 0 Å². The lowest BCUT2D eigenvalue weighted by Crippen LogP contribution is -2.28. The lowest BCUT2D eigenvalue weighted by atomic mass is 10.0. The number of carbonyl (C=O) groups is 1. The highest BCUT2D eigenvalue weighted by Gasteiger charge is 2.08. The van der Waals surface area contributed by atoms with E-state index in [4.69, 9.17) is 5.73 Å². The third-order valence-electron chi connectivity index (χ3n) is 1.74. The first-order valence-corrected chi connectivity index (χ1v) is 4.32. The third-order valence-corrected chi connectivity index (χ3v) is 1.74. The topological polar surface area (TPSA) is 43.1 Å². The molecule has 0 aromatic heterocycles. The largest absolute Gasteiger partial charge is 0.321 e. The maximum Gasteiger partial charge on any atom is 0.146 e. The first-order valence-electron chi connectivity index (χ1n) is 4.32. The SMILES string of the molecule is C=C/C(=C\C=C/C)CC(N)C(C)=O. The zero-order valence-electron chi connectivity index (χ0n) is 8.29. The number of hydrogen-bond donors (Lipinski definition) is 1. The molecule has 72 valence electrons. The van der Waals surface area contributed by atoms with Gasteiger partial charge in [-0.3, -0.25) is 4.79 Å². The summed E-state index contributed by atoms with van der Waals surface area (Å²) < 4.78 is 0. The summed E-state index contributed by atoms with van der Waals surface area (Å²) in [4.78, 5) is 10.9. The fraction of sp³-hybridized carbons (Fsp3) is 0.364. The first kappa shape index (κ1) is 11.8. The minimum absolute atomic E-state index is 0.00762. The molecule has 2 heteroatoms. The number of ketones is 1. The molecule has 0 bridgehead atoms. The van der Waals surface area contributed by atoms with Gasteiger partial charge in [0.25, 0.3) is 0 Å². The molecule has 0 aliphatic heterocycles. The Hall–Kier alpha value is -1.15. The monoisotopic (exact) mass is 179 g/mol. The van der Waals surface area contributed by atoms with Gasteiger partial charge < -0.3 is 5.73 Å². The number of nitrogens with two attached hydrogens (primary N) is 1. The van der Waals surface area contributed by atoms with Crippen LogP contribution in [0.2, 0.25) is 0 Å². The van der Waals surface area contributed by atoms with Crippen molar-refractivity contribution in [3.05, 3.63) is 36.5 Å². The summed E-state index contributed by atoms with van der Waals surface area (Å²) in [5.74, 6) is 0.00762. The van der Waals surface area contributed by atoms with Gasteiger partial charge in [-0.05, 0) is 25.8 Å². The highest BCUT2D eigenvalue weighted by atomic mass is 16.1. The molecule has 0 amide bonds. The van der Waals surface area contributed by atoms with Crippen molar-refractivity contribution < 1.29 is 4.79 Å². The van der Waals surface area contributed by atoms with Crippen LogP contribution in [0.15, 0.2) is 36.5 Å². The molecule has 0 rings (SSSR count). The van der Waals surface area contributed by atoms with Crippen molar-refractivity contribution in [3.63, 3.8) is 0 Å². The number of allylic oxidation sites excluding steroid dienone is 4. The Morgan fingerprint density at radius 1 is 1.62 bits per heavy atom. The van der Waals surface area contributed by atoms with E-state index in [0.29, 0.717) is 6.42 Å². The zero-order chi connectivity index (χ0) is 10.3. The molecule has 0 heterocycles. The van der Waals surface area contributed by atoms with Crippen LogP contribution in [-0.2, 0) is 4.79 Å². The van der Waals surface area contributed by atoms with Gasteiger partial charge in [0.1, 0.15) is 5.78 Å². The van der Waals surface area contributed by atoms with Gasteiger partial charge in [0, 0.05) is 0 Å². The summed E-state index contributed by atoms with van der Waals surface area (Å²) in [7, 11) is 0. The Bertz CT molecular complexity index is 238. The minimum Gasteiger partial charge on any atom is -0.321 e. The Labute approximate surface area is 79.8 Å². The van der Waals surface area contributed by atoms with Crippen LogP contribution < -0.4 is 5.73 Å². The van der Waals surface area contributed by atoms with E-state index in [1.165, 1.54) is 6.92 Å². The second kappa shape index (κ2) is 6.38. The van der Waals surface area contributed by atoms with Crippen LogP contribution in [0.5, 0.6) is 0 Å². The molecule has 0 fully saturated rings. The summed E-state index contributed by atoms with van der Waals surface area (Å²) in [5.41, 5.74) is 6.59. The van der Waals surface area contributed by atoms with Gasteiger partial charge in [-0.15, -0.1) is 0 Å². The van der Waals surface area contributed by atoms with Crippen molar-refractivity contribution >= 4 is 5.78 Å². The molecular formula is C11H17NO. The molecule has 2 nitrogen and oxygen atoms in total. The van der Waals surface area contributed by atoms with E-state index >= 15 is 0 Å². The molecule has 0 aliphatic rings. The number of carbonyl (C=O) groups excluding carboxylic acids is 1. The Balaban J connectivity index is 4.28. The normalized spacial score (nSPS) is 14.5. The molecule has 0 saturated carbocycles. The number of rotatable bonds is 5. The minimum atomic E-state index is -0.408. The molecule has 13 heavy (non-hydrogen) atoms. The maximum absolute atomic E-state index is 10.9. The maximum atomic E-state index is 10.9. The zero-order valence-corrected chi connectivity index (χ0v) is 8.29. The molecule has 1 unspecified atom stereocenters. The van der Waals surface area contributed by atoms with Gasteiger partial charge in [-0.2, -0.15) is 0 Å². The van der Waals surface area contributed by atoms with Gasteiger partial charge in [0.2, 0.25) is 0 Å². The van der Waals surface area contributed by atoms with Crippen molar-refractivity contribution in [1.82, 2.24) is 0 Å². The van der Waals surface area contributed by atoms with E-state index in [-0.39, 0.29) is 5.78 Å². The summed E-state index contributed by atoms with van der Waals surface area (Å²) >= 11 is 0. The lowest BCUT2D eigenvalue weighted by molar-refractivity contribution is -0.118. The van der Waals surface area contributed by atoms with Crippen molar-refractivity contribution in [3.8, 4) is 0 Å². The van der Waals surface area contributed by atoms with E-state index in [0.717, 1.165) is 5.57 Å². The summed E-state index contributed by atoms with van der Waals surface area (Å²) in [5, 5.41) is 0. The standard InChI is InChI=1S/C11H17NO/c1-4-6-7-10(5-2)8-11(12)9(3)13/h4-7,11H,2,8,12H2,1,3H3/b6-4-,10-7+. The van der Waals surface area contributed by atoms with Crippen LogP contribution in [0.4, 0.5) is 0 Å². The first-order chi connectivity index (χ1) is 6.11. The fourth-order valence-corrected chi connectivity index (χ4v) is 0.837.